The van der Waals surface area contributed by atoms with Gasteiger partial charge in [0.15, 0.2) is 0 Å². The highest BCUT2D eigenvalue weighted by Gasteiger charge is 2.19. The zero-order valence-corrected chi connectivity index (χ0v) is 23.0. The molecule has 1 aliphatic carbocycles. The van der Waals surface area contributed by atoms with Gasteiger partial charge < -0.3 is 14.6 Å². The van der Waals surface area contributed by atoms with Crippen molar-refractivity contribution in [3.63, 3.8) is 0 Å². The summed E-state index contributed by atoms with van der Waals surface area (Å²) in [6, 6.07) is 15.1. The van der Waals surface area contributed by atoms with E-state index in [9.17, 15) is 9.90 Å². The molecule has 1 saturated carbocycles. The van der Waals surface area contributed by atoms with Gasteiger partial charge in [0.2, 0.25) is 0 Å². The molecule has 2 aromatic carbocycles. The molecule has 1 aliphatic rings. The summed E-state index contributed by atoms with van der Waals surface area (Å²) >= 11 is 0. The quantitative estimate of drug-likeness (QED) is 0.132. The summed E-state index contributed by atoms with van der Waals surface area (Å²) in [4.78, 5) is 12.5. The lowest BCUT2D eigenvalue weighted by atomic mass is 9.84. The van der Waals surface area contributed by atoms with Crippen LogP contribution in [0.3, 0.4) is 0 Å². The average Bonchev–Trinajstić information content (AvgIpc) is 2.92. The second-order valence-electron chi connectivity index (χ2n) is 10.8. The number of aliphatic hydroxyl groups excluding tert-OH is 1. The van der Waals surface area contributed by atoms with Crippen LogP contribution in [0, 0.1) is 5.92 Å². The van der Waals surface area contributed by atoms with Gasteiger partial charge in [0.1, 0.15) is 11.5 Å². The monoisotopic (exact) mass is 508 g/mol. The molecule has 204 valence electrons. The summed E-state index contributed by atoms with van der Waals surface area (Å²) in [7, 11) is 0. The van der Waals surface area contributed by atoms with Gasteiger partial charge in [-0.2, -0.15) is 0 Å². The first-order valence-corrected chi connectivity index (χ1v) is 14.9. The summed E-state index contributed by atoms with van der Waals surface area (Å²) in [5, 5.41) is 9.66. The largest absolute Gasteiger partial charge is 0.494 e. The van der Waals surface area contributed by atoms with Gasteiger partial charge in [-0.25, -0.2) is 4.79 Å². The summed E-state index contributed by atoms with van der Waals surface area (Å²) in [5.74, 6) is 1.72. The molecule has 0 aromatic heterocycles. The molecule has 0 unspecified atom stereocenters. The molecule has 3 rings (SSSR count). The summed E-state index contributed by atoms with van der Waals surface area (Å²) in [6.45, 7) is 2.98. The number of hydrogen-bond donors (Lipinski definition) is 1. The maximum absolute atomic E-state index is 12.5. The minimum atomic E-state index is -0.352. The van der Waals surface area contributed by atoms with Crippen molar-refractivity contribution in [2.45, 2.75) is 116 Å². The number of unbranched alkanes of at least 4 members (excludes halogenated alkanes) is 9. The number of ether oxygens (including phenoxy) is 2. The van der Waals surface area contributed by atoms with E-state index >= 15 is 0 Å². The van der Waals surface area contributed by atoms with Crippen molar-refractivity contribution in [1.29, 1.82) is 0 Å². The number of esters is 1. The Labute approximate surface area is 224 Å². The minimum Gasteiger partial charge on any atom is -0.494 e. The summed E-state index contributed by atoms with van der Waals surface area (Å²) < 4.78 is 11.4. The van der Waals surface area contributed by atoms with Crippen molar-refractivity contribution in [2.24, 2.45) is 5.92 Å². The molecule has 4 nitrogen and oxygen atoms in total. The van der Waals surface area contributed by atoms with Gasteiger partial charge >= 0.3 is 5.97 Å². The lowest BCUT2D eigenvalue weighted by molar-refractivity contribution is 0.0734. The first-order valence-electron chi connectivity index (χ1n) is 14.9. The van der Waals surface area contributed by atoms with Crippen LogP contribution < -0.4 is 9.47 Å². The fraction of sp³-hybridized carbons (Fsp3) is 0.606. The highest BCUT2D eigenvalue weighted by atomic mass is 16.5. The number of carbonyl (C=O) groups excluding carboxylic acids is 1. The van der Waals surface area contributed by atoms with E-state index in [1.807, 2.05) is 36.4 Å². The molecule has 2 aromatic rings. The molecule has 1 N–H and O–H groups in total. The molecule has 37 heavy (non-hydrogen) atoms. The van der Waals surface area contributed by atoms with Crippen LogP contribution in [0.2, 0.25) is 0 Å². The fourth-order valence-corrected chi connectivity index (χ4v) is 5.16. The summed E-state index contributed by atoms with van der Waals surface area (Å²) in [5.41, 5.74) is 1.78. The molecule has 0 aliphatic heterocycles. The van der Waals surface area contributed by atoms with Crippen molar-refractivity contribution in [1.82, 2.24) is 0 Å². The fourth-order valence-electron chi connectivity index (χ4n) is 5.16. The van der Waals surface area contributed by atoms with Crippen LogP contribution in [0.15, 0.2) is 48.5 Å². The van der Waals surface area contributed by atoms with E-state index in [-0.39, 0.29) is 12.1 Å². The third kappa shape index (κ3) is 11.7. The van der Waals surface area contributed by atoms with Crippen LogP contribution in [0.25, 0.3) is 0 Å². The van der Waals surface area contributed by atoms with Crippen LogP contribution in [0.4, 0.5) is 0 Å². The van der Waals surface area contributed by atoms with Gasteiger partial charge in [-0.15, -0.1) is 0 Å². The maximum atomic E-state index is 12.5. The number of carbonyl (C=O) groups is 1. The van der Waals surface area contributed by atoms with Crippen LogP contribution >= 0.6 is 0 Å². The number of aliphatic hydroxyl groups is 1. The molecule has 0 saturated heterocycles. The summed E-state index contributed by atoms with van der Waals surface area (Å²) in [6.07, 6.45) is 19.3. The standard InChI is InChI=1S/C33H48O4/c1-2-3-4-5-6-7-8-9-10-11-26-36-31-24-18-29(19-25-31)33(35)37-32-22-16-28(17-23-32)13-12-27-14-20-30(34)21-15-27/h16-19,22-25,27,30,34H,2-15,20-21,26H2,1H3. The van der Waals surface area contributed by atoms with Crippen molar-refractivity contribution in [3.8, 4) is 11.5 Å². The molecule has 0 amide bonds. The smallest absolute Gasteiger partial charge is 0.343 e. The Hall–Kier alpha value is -2.33. The van der Waals surface area contributed by atoms with Crippen molar-refractivity contribution >= 4 is 5.97 Å². The average molecular weight is 509 g/mol. The number of aryl methyl sites for hydroxylation is 1. The lowest BCUT2D eigenvalue weighted by Crippen LogP contribution is -2.18. The Morgan fingerprint density at radius 3 is 1.95 bits per heavy atom. The topological polar surface area (TPSA) is 55.8 Å². The van der Waals surface area contributed by atoms with E-state index < -0.39 is 0 Å². The SMILES string of the molecule is CCCCCCCCCCCCOc1ccc(C(=O)Oc2ccc(CCC3CCC(O)CC3)cc2)cc1. The van der Waals surface area contributed by atoms with Gasteiger partial charge in [-0.1, -0.05) is 76.8 Å². The van der Waals surface area contributed by atoms with E-state index in [4.69, 9.17) is 9.47 Å². The van der Waals surface area contributed by atoms with Crippen LogP contribution in [-0.4, -0.2) is 23.8 Å². The Bertz CT molecular complexity index is 866. The number of hydrogen-bond acceptors (Lipinski definition) is 4. The lowest BCUT2D eigenvalue weighted by Gasteiger charge is -2.25. The Morgan fingerprint density at radius 1 is 0.757 bits per heavy atom. The molecular weight excluding hydrogens is 460 g/mol. The van der Waals surface area contributed by atoms with E-state index in [2.05, 4.69) is 6.92 Å². The molecule has 0 atom stereocenters. The van der Waals surface area contributed by atoms with Crippen molar-refractivity contribution < 1.29 is 19.4 Å². The third-order valence-corrected chi connectivity index (χ3v) is 7.65. The van der Waals surface area contributed by atoms with Crippen molar-refractivity contribution in [3.05, 3.63) is 59.7 Å². The van der Waals surface area contributed by atoms with Gasteiger partial charge in [-0.3, -0.25) is 0 Å². The molecule has 0 heterocycles. The van der Waals surface area contributed by atoms with Gasteiger partial charge in [-0.05, 0) is 92.8 Å². The van der Waals surface area contributed by atoms with Crippen LogP contribution in [0.1, 0.15) is 119 Å². The highest BCUT2D eigenvalue weighted by Crippen LogP contribution is 2.28. The number of rotatable bonds is 17. The van der Waals surface area contributed by atoms with Gasteiger partial charge in [0.25, 0.3) is 0 Å². The first-order chi connectivity index (χ1) is 18.1. The third-order valence-electron chi connectivity index (χ3n) is 7.65. The van der Waals surface area contributed by atoms with E-state index in [1.165, 1.54) is 63.4 Å². The van der Waals surface area contributed by atoms with E-state index in [0.29, 0.717) is 17.2 Å². The van der Waals surface area contributed by atoms with Crippen LogP contribution in [-0.2, 0) is 6.42 Å². The zero-order valence-electron chi connectivity index (χ0n) is 23.0. The molecule has 1 fully saturated rings. The molecule has 0 spiro atoms. The molecule has 0 radical (unpaired) electrons. The molecule has 0 bridgehead atoms. The Kier molecular flexibility index (Phi) is 13.6. The first kappa shape index (κ1) is 29.2. The number of benzene rings is 2. The van der Waals surface area contributed by atoms with E-state index in [1.54, 1.807) is 12.1 Å². The predicted molar refractivity (Wildman–Crippen MR) is 151 cm³/mol. The predicted octanol–water partition coefficient (Wildman–Crippen LogP) is 8.69. The van der Waals surface area contributed by atoms with Gasteiger partial charge in [0.05, 0.1) is 18.3 Å². The highest BCUT2D eigenvalue weighted by molar-refractivity contribution is 5.91. The normalized spacial score (nSPS) is 17.5. The molecule has 4 heteroatoms. The maximum Gasteiger partial charge on any atom is 0.343 e. The Morgan fingerprint density at radius 2 is 1.32 bits per heavy atom. The second-order valence-corrected chi connectivity index (χ2v) is 10.8. The Balaban J connectivity index is 1.28. The van der Waals surface area contributed by atoms with Crippen LogP contribution in [0.5, 0.6) is 11.5 Å². The zero-order chi connectivity index (χ0) is 26.1. The van der Waals surface area contributed by atoms with E-state index in [0.717, 1.165) is 57.3 Å². The second kappa shape index (κ2) is 17.2. The molecular formula is C33H48O4. The minimum absolute atomic E-state index is 0.0941. The van der Waals surface area contributed by atoms with Crippen molar-refractivity contribution in [2.75, 3.05) is 6.61 Å². The van der Waals surface area contributed by atoms with Gasteiger partial charge in [0, 0.05) is 0 Å².